The highest BCUT2D eigenvalue weighted by Gasteiger charge is 2.05. The van der Waals surface area contributed by atoms with Crippen molar-refractivity contribution in [3.05, 3.63) is 119 Å². The summed E-state index contributed by atoms with van der Waals surface area (Å²) in [4.78, 5) is 26.3. The Labute approximate surface area is 208 Å². The number of amides is 2. The molecule has 4 aromatic rings. The molecule has 0 atom stereocenters. The van der Waals surface area contributed by atoms with E-state index in [9.17, 15) is 9.59 Å². The van der Waals surface area contributed by atoms with Crippen molar-refractivity contribution in [3.8, 4) is 12.0 Å². The summed E-state index contributed by atoms with van der Waals surface area (Å²) in [5.74, 6) is 0.513. The van der Waals surface area contributed by atoms with Crippen LogP contribution in [0.4, 0.5) is 21.9 Å². The quantitative estimate of drug-likeness (QED) is 0.177. The van der Waals surface area contributed by atoms with Gasteiger partial charge in [-0.2, -0.15) is 4.99 Å². The van der Waals surface area contributed by atoms with Gasteiger partial charge in [0.1, 0.15) is 5.75 Å². The topological polar surface area (TPSA) is 104 Å². The summed E-state index contributed by atoms with van der Waals surface area (Å²) in [7, 11) is 0. The van der Waals surface area contributed by atoms with Crippen LogP contribution in [0.3, 0.4) is 0 Å². The highest BCUT2D eigenvalue weighted by molar-refractivity contribution is 5.99. The van der Waals surface area contributed by atoms with E-state index >= 15 is 0 Å². The van der Waals surface area contributed by atoms with Crippen molar-refractivity contribution in [2.45, 2.75) is 12.8 Å². The van der Waals surface area contributed by atoms with Crippen molar-refractivity contribution < 1.29 is 14.3 Å². The first kappa shape index (κ1) is 24.0. The fourth-order valence-electron chi connectivity index (χ4n) is 3.65. The van der Waals surface area contributed by atoms with Crippen molar-refractivity contribution in [3.63, 3.8) is 0 Å². The standard InChI is InChI=1S/C29H22N4O3/c30-19-36-28-15-7-24(8-16-28)18-23-5-13-27(14-6-23)33-29(35)32-26-11-3-22(4-12-26)17-21-1-9-25(10-2-21)31-20-34/h1-16H,17-18H2,(H2,32,33,35). The maximum atomic E-state index is 12.4. The van der Waals surface area contributed by atoms with Gasteiger partial charge in [-0.1, -0.05) is 48.5 Å². The summed E-state index contributed by atoms with van der Waals surface area (Å²) < 4.78 is 4.79. The number of carbonyl (C=O) groups is 1. The SMILES string of the molecule is N#COc1ccc(Cc2ccc(NC(=O)Nc3ccc(Cc4ccc(N=C=O)cc4)cc3)cc2)cc1. The van der Waals surface area contributed by atoms with Crippen LogP contribution in [-0.2, 0) is 17.6 Å². The van der Waals surface area contributed by atoms with Gasteiger partial charge in [0.15, 0.2) is 0 Å². The van der Waals surface area contributed by atoms with E-state index in [1.54, 1.807) is 30.5 Å². The summed E-state index contributed by atoms with van der Waals surface area (Å²) in [6.45, 7) is 0. The number of urea groups is 1. The van der Waals surface area contributed by atoms with Gasteiger partial charge < -0.3 is 15.4 Å². The lowest BCUT2D eigenvalue weighted by Gasteiger charge is -2.10. The Kier molecular flexibility index (Phi) is 7.85. The second-order valence-corrected chi connectivity index (χ2v) is 8.03. The molecule has 0 aromatic heterocycles. The van der Waals surface area contributed by atoms with Crippen LogP contribution in [-0.4, -0.2) is 12.1 Å². The number of isocyanates is 1. The van der Waals surface area contributed by atoms with Crippen LogP contribution in [0, 0.1) is 11.5 Å². The molecule has 4 rings (SSSR count). The molecule has 0 saturated heterocycles. The van der Waals surface area contributed by atoms with Gasteiger partial charge in [0.2, 0.25) is 6.08 Å². The molecule has 0 aliphatic carbocycles. The molecule has 0 aliphatic rings. The minimum atomic E-state index is -0.324. The molecular weight excluding hydrogens is 452 g/mol. The van der Waals surface area contributed by atoms with Gasteiger partial charge in [0.05, 0.1) is 5.69 Å². The number of hydrogen-bond acceptors (Lipinski definition) is 5. The molecule has 7 nitrogen and oxygen atoms in total. The van der Waals surface area contributed by atoms with Crippen molar-refractivity contribution in [1.29, 1.82) is 5.26 Å². The number of hydrogen-bond donors (Lipinski definition) is 2. The molecule has 0 unspecified atom stereocenters. The number of nitriles is 1. The average molecular weight is 475 g/mol. The summed E-state index contributed by atoms with van der Waals surface area (Å²) in [5, 5.41) is 14.2. The second kappa shape index (κ2) is 11.8. The normalized spacial score (nSPS) is 9.97. The Bertz CT molecular complexity index is 1400. The van der Waals surface area contributed by atoms with Crippen LogP contribution in [0.15, 0.2) is 102 Å². The molecular formula is C29H22N4O3. The van der Waals surface area contributed by atoms with Crippen LogP contribution in [0.25, 0.3) is 0 Å². The fourth-order valence-corrected chi connectivity index (χ4v) is 3.65. The fraction of sp³-hybridized carbons (Fsp3) is 0.0690. The predicted octanol–water partition coefficient (Wildman–Crippen LogP) is 6.34. The number of anilines is 2. The summed E-state index contributed by atoms with van der Waals surface area (Å²) in [6, 6.07) is 29.7. The molecule has 2 N–H and O–H groups in total. The van der Waals surface area contributed by atoms with E-state index in [0.29, 0.717) is 22.8 Å². The highest BCUT2D eigenvalue weighted by atomic mass is 16.5. The van der Waals surface area contributed by atoms with Gasteiger partial charge in [0, 0.05) is 11.4 Å². The van der Waals surface area contributed by atoms with Crippen molar-refractivity contribution >= 4 is 29.2 Å². The van der Waals surface area contributed by atoms with E-state index in [4.69, 9.17) is 10.00 Å². The van der Waals surface area contributed by atoms with Crippen molar-refractivity contribution in [2.24, 2.45) is 4.99 Å². The number of ether oxygens (including phenoxy) is 1. The average Bonchev–Trinajstić information content (AvgIpc) is 2.89. The molecule has 176 valence electrons. The van der Waals surface area contributed by atoms with Crippen LogP contribution in [0.5, 0.6) is 5.75 Å². The van der Waals surface area contributed by atoms with Crippen LogP contribution >= 0.6 is 0 Å². The van der Waals surface area contributed by atoms with E-state index < -0.39 is 0 Å². The predicted molar refractivity (Wildman–Crippen MR) is 138 cm³/mol. The molecule has 2 amide bonds. The van der Waals surface area contributed by atoms with Crippen LogP contribution in [0.1, 0.15) is 22.3 Å². The van der Waals surface area contributed by atoms with Crippen molar-refractivity contribution in [2.75, 3.05) is 10.6 Å². The molecule has 0 bridgehead atoms. The number of rotatable bonds is 8. The molecule has 0 heterocycles. The first-order chi connectivity index (χ1) is 17.6. The maximum absolute atomic E-state index is 12.4. The van der Waals surface area contributed by atoms with Gasteiger partial charge in [-0.3, -0.25) is 0 Å². The highest BCUT2D eigenvalue weighted by Crippen LogP contribution is 2.19. The van der Waals surface area contributed by atoms with Gasteiger partial charge in [0.25, 0.3) is 6.26 Å². The lowest BCUT2D eigenvalue weighted by molar-refractivity contribution is 0.262. The molecule has 0 saturated carbocycles. The maximum Gasteiger partial charge on any atom is 0.323 e. The largest absolute Gasteiger partial charge is 0.388 e. The number of aliphatic imine (C=N–C) groups is 1. The number of benzene rings is 4. The van der Waals surface area contributed by atoms with E-state index in [1.165, 1.54) is 6.08 Å². The summed E-state index contributed by atoms with van der Waals surface area (Å²) >= 11 is 0. The Balaban J connectivity index is 1.27. The Morgan fingerprint density at radius 1 is 0.694 bits per heavy atom. The lowest BCUT2D eigenvalue weighted by Crippen LogP contribution is -2.19. The zero-order chi connectivity index (χ0) is 25.2. The molecule has 7 heteroatoms. The first-order valence-corrected chi connectivity index (χ1v) is 11.2. The van der Waals surface area contributed by atoms with E-state index in [2.05, 4.69) is 15.6 Å². The van der Waals surface area contributed by atoms with E-state index in [0.717, 1.165) is 35.1 Å². The Hall–Kier alpha value is -5.18. The van der Waals surface area contributed by atoms with Gasteiger partial charge >= 0.3 is 6.03 Å². The minimum Gasteiger partial charge on any atom is -0.388 e. The van der Waals surface area contributed by atoms with Gasteiger partial charge in [-0.05, 0) is 83.6 Å². The van der Waals surface area contributed by atoms with Crippen molar-refractivity contribution in [1.82, 2.24) is 0 Å². The second-order valence-electron chi connectivity index (χ2n) is 8.03. The summed E-state index contributed by atoms with van der Waals surface area (Å²) in [6.07, 6.45) is 4.63. The van der Waals surface area contributed by atoms with Gasteiger partial charge in [-0.15, -0.1) is 5.26 Å². The first-order valence-electron chi connectivity index (χ1n) is 11.2. The van der Waals surface area contributed by atoms with E-state index in [1.807, 2.05) is 72.8 Å². The molecule has 0 spiro atoms. The Morgan fingerprint density at radius 3 is 1.53 bits per heavy atom. The monoisotopic (exact) mass is 474 g/mol. The van der Waals surface area contributed by atoms with Crippen LogP contribution < -0.4 is 15.4 Å². The molecule has 0 aliphatic heterocycles. The lowest BCUT2D eigenvalue weighted by atomic mass is 10.0. The molecule has 0 radical (unpaired) electrons. The number of nitrogens with zero attached hydrogens (tertiary/aromatic N) is 2. The molecule has 36 heavy (non-hydrogen) atoms. The zero-order valence-electron chi connectivity index (χ0n) is 19.3. The van der Waals surface area contributed by atoms with E-state index in [-0.39, 0.29) is 6.03 Å². The number of nitrogens with one attached hydrogen (secondary N) is 2. The zero-order valence-corrected chi connectivity index (χ0v) is 19.3. The Morgan fingerprint density at radius 2 is 1.11 bits per heavy atom. The molecule has 4 aromatic carbocycles. The minimum absolute atomic E-state index is 0.324. The van der Waals surface area contributed by atoms with Gasteiger partial charge in [-0.25, -0.2) is 9.59 Å². The smallest absolute Gasteiger partial charge is 0.323 e. The third kappa shape index (κ3) is 6.91. The number of carbonyl (C=O) groups excluding carboxylic acids is 2. The third-order valence-corrected chi connectivity index (χ3v) is 5.44. The summed E-state index contributed by atoms with van der Waals surface area (Å²) in [5.41, 5.74) is 6.32. The van der Waals surface area contributed by atoms with Crippen LogP contribution in [0.2, 0.25) is 0 Å². The third-order valence-electron chi connectivity index (χ3n) is 5.44. The molecule has 0 fully saturated rings.